The Labute approximate surface area is 170 Å². The number of anilines is 2. The standard InChI is InChI=1S/C24H24N4O/c1-16-8-7-9-19(14-16)27-24(29)17(2)25-20-12-13-23-22(15-20)26-18(3)28(23)21-10-5-4-6-11-21/h4-15,17,25H,1-3H3,(H,27,29)/t17-/m1/s1. The highest BCUT2D eigenvalue weighted by Gasteiger charge is 2.15. The molecule has 0 spiro atoms. The summed E-state index contributed by atoms with van der Waals surface area (Å²) in [4.78, 5) is 17.2. The molecule has 0 aliphatic rings. The first-order valence-corrected chi connectivity index (χ1v) is 9.70. The zero-order chi connectivity index (χ0) is 20.4. The molecular weight excluding hydrogens is 360 g/mol. The summed E-state index contributed by atoms with van der Waals surface area (Å²) < 4.78 is 2.13. The second-order valence-corrected chi connectivity index (χ2v) is 7.26. The average Bonchev–Trinajstić information content (AvgIpc) is 3.03. The summed E-state index contributed by atoms with van der Waals surface area (Å²) >= 11 is 0. The summed E-state index contributed by atoms with van der Waals surface area (Å²) in [6, 6.07) is 23.6. The second-order valence-electron chi connectivity index (χ2n) is 7.26. The topological polar surface area (TPSA) is 59.0 Å². The number of nitrogens with zero attached hydrogens (tertiary/aromatic N) is 2. The van der Waals surface area contributed by atoms with Crippen LogP contribution in [-0.2, 0) is 4.79 Å². The number of fused-ring (bicyclic) bond motifs is 1. The Balaban J connectivity index is 1.53. The number of carbonyl (C=O) groups is 1. The third-order valence-electron chi connectivity index (χ3n) is 4.90. The van der Waals surface area contributed by atoms with Crippen LogP contribution < -0.4 is 10.6 Å². The van der Waals surface area contributed by atoms with Gasteiger partial charge in [-0.3, -0.25) is 9.36 Å². The minimum absolute atomic E-state index is 0.0818. The summed E-state index contributed by atoms with van der Waals surface area (Å²) in [6.45, 7) is 5.85. The molecular formula is C24H24N4O. The summed E-state index contributed by atoms with van der Waals surface area (Å²) in [6.07, 6.45) is 0. The quantitative estimate of drug-likeness (QED) is 0.504. The Morgan fingerprint density at radius 1 is 0.931 bits per heavy atom. The first-order valence-electron chi connectivity index (χ1n) is 9.70. The molecule has 0 saturated carbocycles. The maximum Gasteiger partial charge on any atom is 0.246 e. The number of benzene rings is 3. The van der Waals surface area contributed by atoms with E-state index in [-0.39, 0.29) is 11.9 Å². The fourth-order valence-corrected chi connectivity index (χ4v) is 3.48. The zero-order valence-corrected chi connectivity index (χ0v) is 16.8. The van der Waals surface area contributed by atoms with Gasteiger partial charge in [-0.05, 0) is 68.8 Å². The van der Waals surface area contributed by atoms with Crippen LogP contribution in [0.1, 0.15) is 18.3 Å². The lowest BCUT2D eigenvalue weighted by Crippen LogP contribution is -2.31. The Morgan fingerprint density at radius 2 is 1.72 bits per heavy atom. The van der Waals surface area contributed by atoms with E-state index in [0.717, 1.165) is 39.5 Å². The van der Waals surface area contributed by atoms with Crippen LogP contribution in [-0.4, -0.2) is 21.5 Å². The van der Waals surface area contributed by atoms with Crippen molar-refractivity contribution in [3.8, 4) is 5.69 Å². The van der Waals surface area contributed by atoms with Crippen LogP contribution in [0.3, 0.4) is 0 Å². The second kappa shape index (κ2) is 7.80. The minimum Gasteiger partial charge on any atom is -0.374 e. The number of aryl methyl sites for hydroxylation is 2. The summed E-state index contributed by atoms with van der Waals surface area (Å²) in [5.74, 6) is 0.843. The van der Waals surface area contributed by atoms with Crippen LogP contribution >= 0.6 is 0 Å². The molecule has 0 unspecified atom stereocenters. The van der Waals surface area contributed by atoms with Crippen molar-refractivity contribution >= 4 is 28.3 Å². The van der Waals surface area contributed by atoms with Gasteiger partial charge in [-0.25, -0.2) is 4.98 Å². The fraction of sp³-hybridized carbons (Fsp3) is 0.167. The molecule has 4 aromatic rings. The monoisotopic (exact) mass is 384 g/mol. The lowest BCUT2D eigenvalue weighted by atomic mass is 10.2. The number of aromatic nitrogens is 2. The lowest BCUT2D eigenvalue weighted by Gasteiger charge is -2.16. The highest BCUT2D eigenvalue weighted by atomic mass is 16.2. The van der Waals surface area contributed by atoms with E-state index in [9.17, 15) is 4.79 Å². The van der Waals surface area contributed by atoms with Crippen LogP contribution in [0.15, 0.2) is 72.8 Å². The van der Waals surface area contributed by atoms with E-state index < -0.39 is 0 Å². The van der Waals surface area contributed by atoms with Gasteiger partial charge in [0.1, 0.15) is 11.9 Å². The largest absolute Gasteiger partial charge is 0.374 e. The highest BCUT2D eigenvalue weighted by molar-refractivity contribution is 5.96. The fourth-order valence-electron chi connectivity index (χ4n) is 3.48. The van der Waals surface area contributed by atoms with Gasteiger partial charge < -0.3 is 10.6 Å². The highest BCUT2D eigenvalue weighted by Crippen LogP contribution is 2.24. The van der Waals surface area contributed by atoms with E-state index in [4.69, 9.17) is 4.98 Å². The van der Waals surface area contributed by atoms with Gasteiger partial charge in [0.2, 0.25) is 5.91 Å². The molecule has 4 rings (SSSR count). The molecule has 1 atom stereocenters. The van der Waals surface area contributed by atoms with Crippen LogP contribution in [0.25, 0.3) is 16.7 Å². The molecule has 5 heteroatoms. The number of carbonyl (C=O) groups excluding carboxylic acids is 1. The number of amides is 1. The Morgan fingerprint density at radius 3 is 2.48 bits per heavy atom. The molecule has 5 nitrogen and oxygen atoms in total. The predicted molar refractivity (Wildman–Crippen MR) is 119 cm³/mol. The molecule has 2 N–H and O–H groups in total. The van der Waals surface area contributed by atoms with Crippen molar-refractivity contribution in [3.63, 3.8) is 0 Å². The zero-order valence-electron chi connectivity index (χ0n) is 16.8. The molecule has 1 amide bonds. The van der Waals surface area contributed by atoms with Crippen molar-refractivity contribution < 1.29 is 4.79 Å². The molecule has 0 radical (unpaired) electrons. The first-order chi connectivity index (χ1) is 14.0. The van der Waals surface area contributed by atoms with Crippen LogP contribution in [0.5, 0.6) is 0 Å². The van der Waals surface area contributed by atoms with E-state index in [1.807, 2.05) is 81.4 Å². The maximum atomic E-state index is 12.5. The normalized spacial score (nSPS) is 12.0. The number of rotatable bonds is 5. The third kappa shape index (κ3) is 3.99. The van der Waals surface area contributed by atoms with Gasteiger partial charge in [0, 0.05) is 17.1 Å². The van der Waals surface area contributed by atoms with E-state index in [1.165, 1.54) is 0 Å². The van der Waals surface area contributed by atoms with Crippen LogP contribution in [0, 0.1) is 13.8 Å². The van der Waals surface area contributed by atoms with E-state index in [1.54, 1.807) is 0 Å². The minimum atomic E-state index is -0.384. The SMILES string of the molecule is Cc1cccc(NC(=O)[C@@H](C)Nc2ccc3c(c2)nc(C)n3-c2ccccc2)c1. The van der Waals surface area contributed by atoms with Gasteiger partial charge in [0.05, 0.1) is 11.0 Å². The Kier molecular flexibility index (Phi) is 5.04. The van der Waals surface area contributed by atoms with Gasteiger partial charge >= 0.3 is 0 Å². The van der Waals surface area contributed by atoms with Crippen molar-refractivity contribution in [2.45, 2.75) is 26.8 Å². The molecule has 29 heavy (non-hydrogen) atoms. The third-order valence-corrected chi connectivity index (χ3v) is 4.90. The van der Waals surface area contributed by atoms with Gasteiger partial charge in [0.25, 0.3) is 0 Å². The molecule has 3 aromatic carbocycles. The summed E-state index contributed by atoms with van der Waals surface area (Å²) in [5, 5.41) is 6.23. The lowest BCUT2D eigenvalue weighted by molar-refractivity contribution is -0.116. The summed E-state index contributed by atoms with van der Waals surface area (Å²) in [5.41, 5.74) is 5.79. The van der Waals surface area contributed by atoms with E-state index >= 15 is 0 Å². The predicted octanol–water partition coefficient (Wildman–Crippen LogP) is 5.08. The van der Waals surface area contributed by atoms with Gasteiger partial charge in [-0.2, -0.15) is 0 Å². The number of nitrogens with one attached hydrogen (secondary N) is 2. The molecule has 0 aliphatic carbocycles. The van der Waals surface area contributed by atoms with Crippen molar-refractivity contribution in [2.24, 2.45) is 0 Å². The number of para-hydroxylation sites is 1. The smallest absolute Gasteiger partial charge is 0.246 e. The van der Waals surface area contributed by atoms with Crippen LogP contribution in [0.2, 0.25) is 0 Å². The van der Waals surface area contributed by atoms with Crippen molar-refractivity contribution in [1.29, 1.82) is 0 Å². The van der Waals surface area contributed by atoms with Crippen molar-refractivity contribution in [1.82, 2.24) is 9.55 Å². The van der Waals surface area contributed by atoms with Gasteiger partial charge in [-0.1, -0.05) is 30.3 Å². The van der Waals surface area contributed by atoms with E-state index in [0.29, 0.717) is 0 Å². The number of hydrogen-bond acceptors (Lipinski definition) is 3. The molecule has 0 fully saturated rings. The molecule has 146 valence electrons. The molecule has 1 heterocycles. The summed E-state index contributed by atoms with van der Waals surface area (Å²) in [7, 11) is 0. The average molecular weight is 384 g/mol. The van der Waals surface area contributed by atoms with Gasteiger partial charge in [0.15, 0.2) is 0 Å². The van der Waals surface area contributed by atoms with E-state index in [2.05, 4.69) is 27.3 Å². The maximum absolute atomic E-state index is 12.5. The first kappa shape index (κ1) is 18.7. The Hall–Kier alpha value is -3.60. The molecule has 0 saturated heterocycles. The van der Waals surface area contributed by atoms with Crippen LogP contribution in [0.4, 0.5) is 11.4 Å². The van der Waals surface area contributed by atoms with Crippen molar-refractivity contribution in [3.05, 3.63) is 84.2 Å². The molecule has 0 aliphatic heterocycles. The molecule has 1 aromatic heterocycles. The number of hydrogen-bond donors (Lipinski definition) is 2. The Bertz CT molecular complexity index is 1160. The number of imidazole rings is 1. The van der Waals surface area contributed by atoms with Crippen molar-refractivity contribution in [2.75, 3.05) is 10.6 Å². The van der Waals surface area contributed by atoms with Gasteiger partial charge in [-0.15, -0.1) is 0 Å². The molecule has 0 bridgehead atoms.